The van der Waals surface area contributed by atoms with Crippen molar-refractivity contribution >= 4 is 0 Å². The first-order valence-electron chi connectivity index (χ1n) is 6.25. The van der Waals surface area contributed by atoms with Crippen molar-refractivity contribution < 1.29 is 9.84 Å². The third kappa shape index (κ3) is 5.25. The lowest BCUT2D eigenvalue weighted by Crippen LogP contribution is -2.53. The topological polar surface area (TPSA) is 44.7 Å². The molecule has 0 fully saturated rings. The average molecular weight is 232 g/mol. The fraction of sp³-hybridized carbons (Fsp3) is 1.00. The average Bonchev–Trinajstić information content (AvgIpc) is 2.33. The van der Waals surface area contributed by atoms with E-state index in [1.807, 2.05) is 0 Å². The SMILES string of the molecule is CCN(CC)CCNC(CC)(CO)COC. The van der Waals surface area contributed by atoms with Crippen LogP contribution in [0.5, 0.6) is 0 Å². The Morgan fingerprint density at radius 3 is 2.25 bits per heavy atom. The quantitative estimate of drug-likeness (QED) is 0.582. The van der Waals surface area contributed by atoms with E-state index in [2.05, 4.69) is 31.0 Å². The van der Waals surface area contributed by atoms with Crippen LogP contribution >= 0.6 is 0 Å². The largest absolute Gasteiger partial charge is 0.394 e. The van der Waals surface area contributed by atoms with Crippen molar-refractivity contribution in [1.82, 2.24) is 10.2 Å². The minimum Gasteiger partial charge on any atom is -0.394 e. The molecule has 0 aromatic carbocycles. The van der Waals surface area contributed by atoms with Crippen molar-refractivity contribution in [2.45, 2.75) is 32.7 Å². The second-order valence-corrected chi connectivity index (χ2v) is 4.18. The van der Waals surface area contributed by atoms with E-state index in [-0.39, 0.29) is 12.1 Å². The van der Waals surface area contributed by atoms with Gasteiger partial charge in [0, 0.05) is 20.2 Å². The van der Waals surface area contributed by atoms with Crippen LogP contribution in [0.4, 0.5) is 0 Å². The molecule has 16 heavy (non-hydrogen) atoms. The van der Waals surface area contributed by atoms with Gasteiger partial charge in [-0.05, 0) is 19.5 Å². The summed E-state index contributed by atoms with van der Waals surface area (Å²) in [6.45, 7) is 11.1. The van der Waals surface area contributed by atoms with E-state index in [9.17, 15) is 5.11 Å². The van der Waals surface area contributed by atoms with Gasteiger partial charge in [0.1, 0.15) is 0 Å². The maximum atomic E-state index is 9.43. The summed E-state index contributed by atoms with van der Waals surface area (Å²) in [5, 5.41) is 12.8. The van der Waals surface area contributed by atoms with Gasteiger partial charge < -0.3 is 20.1 Å². The van der Waals surface area contributed by atoms with Crippen LogP contribution in [-0.2, 0) is 4.74 Å². The molecule has 0 amide bonds. The van der Waals surface area contributed by atoms with Crippen LogP contribution in [0.3, 0.4) is 0 Å². The third-order valence-corrected chi connectivity index (χ3v) is 3.22. The molecule has 0 heterocycles. The zero-order valence-corrected chi connectivity index (χ0v) is 11.3. The van der Waals surface area contributed by atoms with E-state index < -0.39 is 0 Å². The number of hydrogen-bond donors (Lipinski definition) is 2. The first-order chi connectivity index (χ1) is 7.67. The summed E-state index contributed by atoms with van der Waals surface area (Å²) in [6.07, 6.45) is 0.871. The van der Waals surface area contributed by atoms with E-state index in [0.717, 1.165) is 32.6 Å². The van der Waals surface area contributed by atoms with E-state index in [0.29, 0.717) is 6.61 Å². The Hall–Kier alpha value is -0.160. The Morgan fingerprint density at radius 1 is 1.25 bits per heavy atom. The highest BCUT2D eigenvalue weighted by atomic mass is 16.5. The van der Waals surface area contributed by atoms with Gasteiger partial charge in [-0.25, -0.2) is 0 Å². The minimum absolute atomic E-state index is 0.121. The van der Waals surface area contributed by atoms with Crippen molar-refractivity contribution in [3.8, 4) is 0 Å². The normalized spacial score (nSPS) is 15.4. The lowest BCUT2D eigenvalue weighted by Gasteiger charge is -2.32. The molecule has 0 rings (SSSR count). The summed E-state index contributed by atoms with van der Waals surface area (Å²) in [6, 6.07) is 0. The van der Waals surface area contributed by atoms with Crippen LogP contribution in [-0.4, -0.2) is 62.0 Å². The van der Waals surface area contributed by atoms with Gasteiger partial charge in [-0.1, -0.05) is 20.8 Å². The van der Waals surface area contributed by atoms with Crippen molar-refractivity contribution in [2.75, 3.05) is 46.5 Å². The predicted molar refractivity (Wildman–Crippen MR) is 67.8 cm³/mol. The monoisotopic (exact) mass is 232 g/mol. The minimum atomic E-state index is -0.276. The molecular formula is C12H28N2O2. The summed E-state index contributed by atoms with van der Waals surface area (Å²) < 4.78 is 5.16. The highest BCUT2D eigenvalue weighted by Crippen LogP contribution is 2.09. The Morgan fingerprint density at radius 2 is 1.88 bits per heavy atom. The second kappa shape index (κ2) is 8.93. The van der Waals surface area contributed by atoms with Crippen molar-refractivity contribution in [1.29, 1.82) is 0 Å². The van der Waals surface area contributed by atoms with E-state index in [4.69, 9.17) is 4.74 Å². The van der Waals surface area contributed by atoms with E-state index >= 15 is 0 Å². The maximum absolute atomic E-state index is 9.43. The van der Waals surface area contributed by atoms with Gasteiger partial charge in [0.05, 0.1) is 18.8 Å². The molecule has 0 aliphatic heterocycles. The molecule has 0 saturated heterocycles. The van der Waals surface area contributed by atoms with Crippen molar-refractivity contribution in [2.24, 2.45) is 0 Å². The number of aliphatic hydroxyl groups is 1. The van der Waals surface area contributed by atoms with Crippen LogP contribution in [0.25, 0.3) is 0 Å². The van der Waals surface area contributed by atoms with Crippen LogP contribution in [0.1, 0.15) is 27.2 Å². The zero-order chi connectivity index (χ0) is 12.4. The molecule has 1 unspecified atom stereocenters. The molecule has 0 aliphatic rings. The molecule has 2 N–H and O–H groups in total. The van der Waals surface area contributed by atoms with E-state index in [1.54, 1.807) is 7.11 Å². The number of hydrogen-bond acceptors (Lipinski definition) is 4. The lowest BCUT2D eigenvalue weighted by molar-refractivity contribution is 0.0580. The highest BCUT2D eigenvalue weighted by Gasteiger charge is 2.26. The zero-order valence-electron chi connectivity index (χ0n) is 11.3. The standard InChI is InChI=1S/C12H28N2O2/c1-5-12(10-15,11-16-4)13-8-9-14(6-2)7-3/h13,15H,5-11H2,1-4H3. The van der Waals surface area contributed by atoms with Gasteiger partial charge >= 0.3 is 0 Å². The molecule has 0 spiro atoms. The first kappa shape index (κ1) is 15.8. The molecule has 0 saturated carbocycles. The second-order valence-electron chi connectivity index (χ2n) is 4.18. The molecule has 0 aliphatic carbocycles. The van der Waals surface area contributed by atoms with Gasteiger partial charge in [0.2, 0.25) is 0 Å². The number of nitrogens with zero attached hydrogens (tertiary/aromatic N) is 1. The molecule has 4 heteroatoms. The van der Waals surface area contributed by atoms with Gasteiger partial charge in [-0.15, -0.1) is 0 Å². The number of methoxy groups -OCH3 is 1. The lowest BCUT2D eigenvalue weighted by atomic mass is 9.98. The number of likely N-dealkylation sites (N-methyl/N-ethyl adjacent to an activating group) is 1. The number of aliphatic hydroxyl groups excluding tert-OH is 1. The van der Waals surface area contributed by atoms with Crippen molar-refractivity contribution in [3.05, 3.63) is 0 Å². The van der Waals surface area contributed by atoms with E-state index in [1.165, 1.54) is 0 Å². The smallest absolute Gasteiger partial charge is 0.0666 e. The van der Waals surface area contributed by atoms with Crippen LogP contribution < -0.4 is 5.32 Å². The Balaban J connectivity index is 4.01. The fourth-order valence-electron chi connectivity index (χ4n) is 1.79. The summed E-state index contributed by atoms with van der Waals surface area (Å²) >= 11 is 0. The molecule has 1 atom stereocenters. The summed E-state index contributed by atoms with van der Waals surface area (Å²) in [7, 11) is 1.67. The predicted octanol–water partition coefficient (Wildman–Crippen LogP) is 0.705. The number of ether oxygens (including phenoxy) is 1. The Kier molecular flexibility index (Phi) is 8.84. The summed E-state index contributed by atoms with van der Waals surface area (Å²) in [5.41, 5.74) is -0.276. The molecule has 0 aromatic rings. The summed E-state index contributed by atoms with van der Waals surface area (Å²) in [5.74, 6) is 0. The number of rotatable bonds is 10. The van der Waals surface area contributed by atoms with Gasteiger partial charge in [-0.3, -0.25) is 0 Å². The third-order valence-electron chi connectivity index (χ3n) is 3.22. The first-order valence-corrected chi connectivity index (χ1v) is 6.25. The molecule has 0 radical (unpaired) electrons. The molecule has 4 nitrogen and oxygen atoms in total. The maximum Gasteiger partial charge on any atom is 0.0666 e. The van der Waals surface area contributed by atoms with Gasteiger partial charge in [0.25, 0.3) is 0 Å². The number of nitrogens with one attached hydrogen (secondary N) is 1. The van der Waals surface area contributed by atoms with Crippen LogP contribution in [0, 0.1) is 0 Å². The molecule has 98 valence electrons. The Labute approximate surface area is 100.0 Å². The Bertz CT molecular complexity index is 157. The molecular weight excluding hydrogens is 204 g/mol. The van der Waals surface area contributed by atoms with Crippen LogP contribution in [0.15, 0.2) is 0 Å². The van der Waals surface area contributed by atoms with Gasteiger partial charge in [-0.2, -0.15) is 0 Å². The highest BCUT2D eigenvalue weighted by molar-refractivity contribution is 4.86. The molecule has 0 bridgehead atoms. The van der Waals surface area contributed by atoms with Gasteiger partial charge in [0.15, 0.2) is 0 Å². The fourth-order valence-corrected chi connectivity index (χ4v) is 1.79. The molecule has 0 aromatic heterocycles. The summed E-state index contributed by atoms with van der Waals surface area (Å²) in [4.78, 5) is 2.36. The van der Waals surface area contributed by atoms with Crippen molar-refractivity contribution in [3.63, 3.8) is 0 Å². The van der Waals surface area contributed by atoms with Crippen LogP contribution in [0.2, 0.25) is 0 Å².